The summed E-state index contributed by atoms with van der Waals surface area (Å²) in [6.07, 6.45) is 3.09. The number of nitrogens with zero attached hydrogens (tertiary/aromatic N) is 5. The van der Waals surface area contributed by atoms with E-state index in [2.05, 4.69) is 34.3 Å². The Kier molecular flexibility index (Phi) is 9.90. The van der Waals surface area contributed by atoms with Gasteiger partial charge >= 0.3 is 12.1 Å². The highest BCUT2D eigenvalue weighted by Crippen LogP contribution is 2.26. The van der Waals surface area contributed by atoms with Crippen LogP contribution in [-0.2, 0) is 22.4 Å². The summed E-state index contributed by atoms with van der Waals surface area (Å²) in [5, 5.41) is 3.06. The maximum absolute atomic E-state index is 13.9. The summed E-state index contributed by atoms with van der Waals surface area (Å²) < 4.78 is 6.05. The van der Waals surface area contributed by atoms with Crippen molar-refractivity contribution >= 4 is 23.7 Å². The van der Waals surface area contributed by atoms with Crippen LogP contribution >= 0.6 is 0 Å². The molecule has 1 N–H and O–H groups in total. The minimum Gasteiger partial charge on any atom is -0.436 e. The van der Waals surface area contributed by atoms with Crippen LogP contribution in [0, 0.1) is 6.92 Å². The monoisotopic (exact) mass is 616 g/mol. The average Bonchev–Trinajstić information content (AvgIpc) is 3.22. The number of ether oxygens (including phenoxy) is 1. The van der Waals surface area contributed by atoms with Gasteiger partial charge < -0.3 is 29.7 Å². The Balaban J connectivity index is 1.05. The fourth-order valence-corrected chi connectivity index (χ4v) is 7.37. The molecular formula is C35H48N6O4. The number of fused-ring (bicyclic) bond motifs is 1. The Bertz CT molecular complexity index is 1350. The van der Waals surface area contributed by atoms with Crippen LogP contribution in [0.1, 0.15) is 42.4 Å². The summed E-state index contributed by atoms with van der Waals surface area (Å²) in [6, 6.07) is 16.5. The quantitative estimate of drug-likeness (QED) is 0.531. The molecule has 0 aliphatic carbocycles. The van der Waals surface area contributed by atoms with Gasteiger partial charge in [0.05, 0.1) is 0 Å². The molecule has 6 rings (SSSR count). The maximum Gasteiger partial charge on any atom is 0.410 e. The molecule has 0 aromatic heterocycles. The number of carbonyl (C=O) groups excluding carboxylic acids is 3. The fourth-order valence-electron chi connectivity index (χ4n) is 7.37. The minimum atomic E-state index is -0.868. The number of nitrogens with one attached hydrogen (secondary N) is 1. The van der Waals surface area contributed by atoms with Crippen LogP contribution in [-0.4, -0.2) is 127 Å². The number of para-hydroxylation sites is 1. The molecule has 3 fully saturated rings. The second-order valence-electron chi connectivity index (χ2n) is 13.2. The van der Waals surface area contributed by atoms with Gasteiger partial charge in [-0.05, 0) is 63.3 Å². The van der Waals surface area contributed by atoms with E-state index in [0.29, 0.717) is 58.0 Å². The highest BCUT2D eigenvalue weighted by molar-refractivity contribution is 5.91. The van der Waals surface area contributed by atoms with Gasteiger partial charge in [-0.3, -0.25) is 9.69 Å². The zero-order chi connectivity index (χ0) is 31.3. The molecule has 0 bridgehead atoms. The van der Waals surface area contributed by atoms with Crippen molar-refractivity contribution in [2.45, 2.75) is 63.6 Å². The molecule has 3 saturated heterocycles. The van der Waals surface area contributed by atoms with Gasteiger partial charge in [0.2, 0.25) is 0 Å². The third-order valence-corrected chi connectivity index (χ3v) is 10.2. The lowest BCUT2D eigenvalue weighted by molar-refractivity contribution is -0.142. The Morgan fingerprint density at radius 1 is 0.844 bits per heavy atom. The molecule has 1 atom stereocenters. The molecule has 10 nitrogen and oxygen atoms in total. The Morgan fingerprint density at radius 3 is 2.27 bits per heavy atom. The van der Waals surface area contributed by atoms with Gasteiger partial charge in [0, 0.05) is 83.1 Å². The largest absolute Gasteiger partial charge is 0.436 e. The topological polar surface area (TPSA) is 88.7 Å². The van der Waals surface area contributed by atoms with Crippen molar-refractivity contribution < 1.29 is 19.1 Å². The number of hydrogen-bond acceptors (Lipinski definition) is 6. The van der Waals surface area contributed by atoms with Crippen LogP contribution < -0.4 is 5.32 Å². The molecular weight excluding hydrogens is 568 g/mol. The molecule has 2 aromatic carbocycles. The molecule has 0 radical (unpaired) electrons. The molecule has 4 aliphatic heterocycles. The van der Waals surface area contributed by atoms with Gasteiger partial charge in [-0.2, -0.15) is 0 Å². The van der Waals surface area contributed by atoms with E-state index < -0.39 is 12.2 Å². The summed E-state index contributed by atoms with van der Waals surface area (Å²) in [7, 11) is 2.17. The molecule has 0 spiro atoms. The number of amides is 4. The molecule has 0 saturated carbocycles. The standard InChI is InChI=1S/C35H48N6O4/c1-26-6-5-7-27(24-26)25-32(33(42)39-15-11-29(12-16-39)38-22-20-37(2)21-23-38)45-35(44)40-17-13-30(14-18-40)41-19-10-28-8-3-4-9-31(28)36-34(41)43/h3-9,24,29-30,32H,10-23,25H2,1-2H3,(H,36,43)/t32-/m1/s1. The lowest BCUT2D eigenvalue weighted by Crippen LogP contribution is -2.54. The van der Waals surface area contributed by atoms with Gasteiger partial charge in [-0.25, -0.2) is 9.59 Å². The normalized spacial score (nSPS) is 21.6. The van der Waals surface area contributed by atoms with Crippen LogP contribution in [0.25, 0.3) is 0 Å². The number of benzene rings is 2. The number of anilines is 1. The first-order valence-electron chi connectivity index (χ1n) is 16.7. The Hall–Kier alpha value is -3.63. The molecule has 4 aliphatic rings. The van der Waals surface area contributed by atoms with E-state index in [9.17, 15) is 14.4 Å². The minimum absolute atomic E-state index is 0.0506. The lowest BCUT2D eigenvalue weighted by atomic mass is 10.00. The summed E-state index contributed by atoms with van der Waals surface area (Å²) in [6.45, 7) is 9.36. The number of urea groups is 1. The number of piperidine rings is 2. The maximum atomic E-state index is 13.9. The predicted molar refractivity (Wildman–Crippen MR) is 174 cm³/mol. The van der Waals surface area contributed by atoms with Crippen molar-refractivity contribution in [1.82, 2.24) is 24.5 Å². The van der Waals surface area contributed by atoms with Crippen molar-refractivity contribution in [1.29, 1.82) is 0 Å². The van der Waals surface area contributed by atoms with E-state index in [0.717, 1.165) is 67.8 Å². The van der Waals surface area contributed by atoms with Gasteiger partial charge in [0.1, 0.15) is 0 Å². The first-order valence-corrected chi connectivity index (χ1v) is 16.7. The smallest absolute Gasteiger partial charge is 0.410 e. The highest BCUT2D eigenvalue weighted by atomic mass is 16.6. The van der Waals surface area contributed by atoms with Gasteiger partial charge in [-0.1, -0.05) is 48.0 Å². The van der Waals surface area contributed by atoms with Gasteiger partial charge in [0.15, 0.2) is 6.10 Å². The van der Waals surface area contributed by atoms with E-state index >= 15 is 0 Å². The second kappa shape index (κ2) is 14.2. The third-order valence-electron chi connectivity index (χ3n) is 10.2. The number of hydrogen-bond donors (Lipinski definition) is 1. The second-order valence-corrected chi connectivity index (χ2v) is 13.2. The molecule has 2 aromatic rings. The SMILES string of the molecule is Cc1cccc(C[C@@H](OC(=O)N2CCC(N3CCc4ccccc4NC3=O)CC2)C(=O)N2CCC(N3CCN(C)CC3)CC2)c1. The summed E-state index contributed by atoms with van der Waals surface area (Å²) in [5.41, 5.74) is 4.11. The Morgan fingerprint density at radius 2 is 1.53 bits per heavy atom. The fraction of sp³-hybridized carbons (Fsp3) is 0.571. The van der Waals surface area contributed by atoms with Crippen LogP contribution in [0.15, 0.2) is 48.5 Å². The van der Waals surface area contributed by atoms with E-state index in [1.807, 2.05) is 53.1 Å². The third kappa shape index (κ3) is 7.61. The van der Waals surface area contributed by atoms with E-state index in [1.54, 1.807) is 4.90 Å². The van der Waals surface area contributed by atoms with Crippen molar-refractivity contribution in [3.05, 3.63) is 65.2 Å². The number of piperazine rings is 1. The summed E-state index contributed by atoms with van der Waals surface area (Å²) in [4.78, 5) is 50.9. The zero-order valence-corrected chi connectivity index (χ0v) is 26.8. The summed E-state index contributed by atoms with van der Waals surface area (Å²) >= 11 is 0. The molecule has 4 heterocycles. The van der Waals surface area contributed by atoms with Crippen molar-refractivity contribution in [3.8, 4) is 0 Å². The van der Waals surface area contributed by atoms with Gasteiger partial charge in [0.25, 0.3) is 5.91 Å². The van der Waals surface area contributed by atoms with E-state index in [4.69, 9.17) is 4.74 Å². The molecule has 0 unspecified atom stereocenters. The van der Waals surface area contributed by atoms with Crippen LogP contribution in [0.4, 0.5) is 15.3 Å². The van der Waals surface area contributed by atoms with E-state index in [1.165, 1.54) is 0 Å². The van der Waals surface area contributed by atoms with Crippen LogP contribution in [0.2, 0.25) is 0 Å². The first kappa shape index (κ1) is 31.4. The van der Waals surface area contributed by atoms with Crippen molar-refractivity contribution in [2.24, 2.45) is 0 Å². The van der Waals surface area contributed by atoms with Crippen LogP contribution in [0.5, 0.6) is 0 Å². The van der Waals surface area contributed by atoms with Crippen molar-refractivity contribution in [2.75, 3.05) is 71.3 Å². The van der Waals surface area contributed by atoms with Crippen LogP contribution in [0.3, 0.4) is 0 Å². The molecule has 10 heteroatoms. The first-order chi connectivity index (χ1) is 21.8. The average molecular weight is 617 g/mol. The number of carbonyl (C=O) groups is 3. The number of aryl methyl sites for hydroxylation is 1. The molecule has 45 heavy (non-hydrogen) atoms. The number of rotatable bonds is 6. The van der Waals surface area contributed by atoms with E-state index in [-0.39, 0.29) is 18.0 Å². The summed E-state index contributed by atoms with van der Waals surface area (Å²) in [5.74, 6) is -0.0997. The lowest BCUT2D eigenvalue weighted by Gasteiger charge is -2.42. The molecule has 242 valence electrons. The zero-order valence-electron chi connectivity index (χ0n) is 26.8. The Labute approximate surface area is 267 Å². The highest BCUT2D eigenvalue weighted by Gasteiger charge is 2.36. The predicted octanol–water partition coefficient (Wildman–Crippen LogP) is 3.84. The van der Waals surface area contributed by atoms with Crippen molar-refractivity contribution in [3.63, 3.8) is 0 Å². The van der Waals surface area contributed by atoms with Gasteiger partial charge in [-0.15, -0.1) is 0 Å². The molecule has 4 amide bonds. The number of likely N-dealkylation sites (N-methyl/N-ethyl adjacent to an activating group) is 1. The number of likely N-dealkylation sites (tertiary alicyclic amines) is 2.